The second-order valence-corrected chi connectivity index (χ2v) is 5.46. The lowest BCUT2D eigenvalue weighted by molar-refractivity contribution is 0.102. The summed E-state index contributed by atoms with van der Waals surface area (Å²) in [6.45, 7) is 0. The minimum absolute atomic E-state index is 0.164. The summed E-state index contributed by atoms with van der Waals surface area (Å²) in [4.78, 5) is 16.9. The van der Waals surface area contributed by atoms with Crippen molar-refractivity contribution in [3.8, 4) is 5.69 Å². The zero-order valence-electron chi connectivity index (χ0n) is 12.9. The van der Waals surface area contributed by atoms with Crippen LogP contribution in [-0.4, -0.2) is 15.5 Å². The van der Waals surface area contributed by atoms with Crippen LogP contribution in [0.25, 0.3) is 16.6 Å². The topological polar surface area (TPSA) is 46.9 Å². The van der Waals surface area contributed by atoms with E-state index in [0.717, 1.165) is 16.6 Å². The molecular formula is C20H15N3O. The maximum absolute atomic E-state index is 12.8. The lowest BCUT2D eigenvalue weighted by Crippen LogP contribution is -2.16. The standard InChI is InChI=1S/C20H15N3O/c24-20(22-16-8-6-12-21-14-16)19-13-15-7-4-5-11-18(15)23(19)17-9-2-1-3-10-17/h1-14H,(H,22,24). The van der Waals surface area contributed by atoms with Crippen LogP contribution >= 0.6 is 0 Å². The number of nitrogens with zero attached hydrogens (tertiary/aromatic N) is 2. The van der Waals surface area contributed by atoms with Gasteiger partial charge < -0.3 is 9.88 Å². The molecule has 0 aliphatic carbocycles. The molecule has 0 fully saturated rings. The summed E-state index contributed by atoms with van der Waals surface area (Å²) in [5.74, 6) is -0.164. The number of hydrogen-bond donors (Lipinski definition) is 1. The van der Waals surface area contributed by atoms with E-state index >= 15 is 0 Å². The van der Waals surface area contributed by atoms with Gasteiger partial charge >= 0.3 is 0 Å². The van der Waals surface area contributed by atoms with Crippen LogP contribution in [0.1, 0.15) is 10.5 Å². The Balaban J connectivity index is 1.84. The van der Waals surface area contributed by atoms with Gasteiger partial charge in [0.1, 0.15) is 5.69 Å². The number of aromatic nitrogens is 2. The van der Waals surface area contributed by atoms with Crippen LogP contribution in [0.15, 0.2) is 85.2 Å². The van der Waals surface area contributed by atoms with Crippen molar-refractivity contribution in [2.24, 2.45) is 0 Å². The van der Waals surface area contributed by atoms with Gasteiger partial charge in [0.25, 0.3) is 5.91 Å². The van der Waals surface area contributed by atoms with E-state index in [1.165, 1.54) is 0 Å². The number of benzene rings is 2. The molecule has 0 aliphatic rings. The van der Waals surface area contributed by atoms with Gasteiger partial charge in [0, 0.05) is 17.3 Å². The molecule has 4 heteroatoms. The van der Waals surface area contributed by atoms with Crippen molar-refractivity contribution in [1.29, 1.82) is 0 Å². The molecule has 0 spiro atoms. The van der Waals surface area contributed by atoms with Gasteiger partial charge in [-0.05, 0) is 36.4 Å². The van der Waals surface area contributed by atoms with Gasteiger partial charge in [-0.15, -0.1) is 0 Å². The van der Waals surface area contributed by atoms with Crippen molar-refractivity contribution in [3.05, 3.63) is 90.9 Å². The van der Waals surface area contributed by atoms with Crippen LogP contribution in [0.2, 0.25) is 0 Å². The summed E-state index contributed by atoms with van der Waals surface area (Å²) in [5, 5.41) is 3.93. The van der Waals surface area contributed by atoms with Crippen LogP contribution < -0.4 is 5.32 Å². The third kappa shape index (κ3) is 2.54. The largest absolute Gasteiger partial charge is 0.319 e. The third-order valence-electron chi connectivity index (χ3n) is 3.88. The number of carbonyl (C=O) groups is 1. The van der Waals surface area contributed by atoms with Crippen LogP contribution in [0.4, 0.5) is 5.69 Å². The number of hydrogen-bond acceptors (Lipinski definition) is 2. The van der Waals surface area contributed by atoms with Crippen molar-refractivity contribution in [1.82, 2.24) is 9.55 Å². The van der Waals surface area contributed by atoms with Gasteiger partial charge in [-0.3, -0.25) is 9.78 Å². The van der Waals surface area contributed by atoms with E-state index in [4.69, 9.17) is 0 Å². The first-order valence-electron chi connectivity index (χ1n) is 7.70. The van der Waals surface area contributed by atoms with Gasteiger partial charge in [-0.1, -0.05) is 36.4 Å². The number of nitrogens with one attached hydrogen (secondary N) is 1. The SMILES string of the molecule is O=C(Nc1cccnc1)c1cc2ccccc2n1-c1ccccc1. The molecule has 0 bridgehead atoms. The zero-order chi connectivity index (χ0) is 16.4. The number of rotatable bonds is 3. The lowest BCUT2D eigenvalue weighted by Gasteiger charge is -2.11. The van der Waals surface area contributed by atoms with E-state index in [-0.39, 0.29) is 5.91 Å². The Bertz CT molecular complexity index is 991. The predicted molar refractivity (Wildman–Crippen MR) is 95.5 cm³/mol. The minimum Gasteiger partial charge on any atom is -0.319 e. The van der Waals surface area contributed by atoms with Crippen molar-refractivity contribution in [3.63, 3.8) is 0 Å². The molecule has 4 nitrogen and oxygen atoms in total. The van der Waals surface area contributed by atoms with E-state index in [9.17, 15) is 4.79 Å². The first-order chi connectivity index (χ1) is 11.8. The first kappa shape index (κ1) is 14.2. The minimum atomic E-state index is -0.164. The summed E-state index contributed by atoms with van der Waals surface area (Å²) in [7, 11) is 0. The molecule has 0 saturated carbocycles. The average molecular weight is 313 g/mol. The molecule has 2 aromatic carbocycles. The summed E-state index contributed by atoms with van der Waals surface area (Å²) >= 11 is 0. The van der Waals surface area contributed by atoms with E-state index in [2.05, 4.69) is 10.3 Å². The van der Waals surface area contributed by atoms with Crippen LogP contribution in [0.5, 0.6) is 0 Å². The molecule has 0 saturated heterocycles. The molecule has 4 rings (SSSR count). The molecule has 24 heavy (non-hydrogen) atoms. The molecule has 0 aliphatic heterocycles. The Morgan fingerprint density at radius 1 is 0.917 bits per heavy atom. The predicted octanol–water partition coefficient (Wildman–Crippen LogP) is 4.28. The molecule has 0 unspecified atom stereocenters. The summed E-state index contributed by atoms with van der Waals surface area (Å²) in [6, 6.07) is 23.4. The van der Waals surface area contributed by atoms with Crippen molar-refractivity contribution in [2.75, 3.05) is 5.32 Å². The summed E-state index contributed by atoms with van der Waals surface area (Å²) in [6.07, 6.45) is 3.31. The van der Waals surface area contributed by atoms with Crippen molar-refractivity contribution < 1.29 is 4.79 Å². The second kappa shape index (κ2) is 6.01. The van der Waals surface area contributed by atoms with E-state index in [0.29, 0.717) is 11.4 Å². The summed E-state index contributed by atoms with van der Waals surface area (Å²) in [5.41, 5.74) is 3.22. The van der Waals surface area contributed by atoms with E-state index in [1.54, 1.807) is 18.5 Å². The Labute approximate surface area is 139 Å². The number of carbonyl (C=O) groups excluding carboxylic acids is 1. The van der Waals surface area contributed by atoms with E-state index < -0.39 is 0 Å². The Hall–Kier alpha value is -3.40. The molecule has 1 amide bonds. The normalized spacial score (nSPS) is 10.7. The molecule has 0 radical (unpaired) electrons. The molecule has 2 heterocycles. The van der Waals surface area contributed by atoms with Crippen LogP contribution in [-0.2, 0) is 0 Å². The molecule has 0 atom stereocenters. The monoisotopic (exact) mass is 313 g/mol. The molecule has 2 aromatic heterocycles. The maximum atomic E-state index is 12.8. The number of anilines is 1. The van der Waals surface area contributed by atoms with Gasteiger partial charge in [-0.2, -0.15) is 0 Å². The fourth-order valence-corrected chi connectivity index (χ4v) is 2.81. The maximum Gasteiger partial charge on any atom is 0.272 e. The van der Waals surface area contributed by atoms with E-state index in [1.807, 2.05) is 71.3 Å². The highest BCUT2D eigenvalue weighted by Crippen LogP contribution is 2.25. The van der Waals surface area contributed by atoms with Gasteiger partial charge in [0.05, 0.1) is 17.4 Å². The third-order valence-corrected chi connectivity index (χ3v) is 3.88. The van der Waals surface area contributed by atoms with Gasteiger partial charge in [0.2, 0.25) is 0 Å². The number of fused-ring (bicyclic) bond motifs is 1. The van der Waals surface area contributed by atoms with Crippen LogP contribution in [0, 0.1) is 0 Å². The zero-order valence-corrected chi connectivity index (χ0v) is 12.9. The van der Waals surface area contributed by atoms with Crippen molar-refractivity contribution >= 4 is 22.5 Å². The number of para-hydroxylation sites is 2. The lowest BCUT2D eigenvalue weighted by atomic mass is 10.2. The highest BCUT2D eigenvalue weighted by molar-refractivity contribution is 6.07. The molecule has 1 N–H and O–H groups in total. The van der Waals surface area contributed by atoms with Gasteiger partial charge in [-0.25, -0.2) is 0 Å². The Morgan fingerprint density at radius 2 is 1.71 bits per heavy atom. The average Bonchev–Trinajstić information content (AvgIpc) is 3.03. The van der Waals surface area contributed by atoms with Crippen molar-refractivity contribution in [2.45, 2.75) is 0 Å². The molecule has 116 valence electrons. The number of amides is 1. The fraction of sp³-hybridized carbons (Fsp3) is 0. The summed E-state index contributed by atoms with van der Waals surface area (Å²) < 4.78 is 1.97. The fourth-order valence-electron chi connectivity index (χ4n) is 2.81. The smallest absolute Gasteiger partial charge is 0.272 e. The second-order valence-electron chi connectivity index (χ2n) is 5.46. The molecule has 4 aromatic rings. The van der Waals surface area contributed by atoms with Crippen LogP contribution in [0.3, 0.4) is 0 Å². The Kier molecular flexibility index (Phi) is 3.56. The highest BCUT2D eigenvalue weighted by Gasteiger charge is 2.16. The quantitative estimate of drug-likeness (QED) is 0.614. The van der Waals surface area contributed by atoms with Gasteiger partial charge in [0.15, 0.2) is 0 Å². The number of pyridine rings is 1. The first-order valence-corrected chi connectivity index (χ1v) is 7.70. The highest BCUT2D eigenvalue weighted by atomic mass is 16.1. The molecular weight excluding hydrogens is 298 g/mol. The Morgan fingerprint density at radius 3 is 2.50 bits per heavy atom.